The average molecular weight is 293 g/mol. The quantitative estimate of drug-likeness (QED) is 0.771. The first-order chi connectivity index (χ1) is 9.85. The monoisotopic (exact) mass is 293 g/mol. The second-order valence-electron chi connectivity index (χ2n) is 5.73. The molecule has 2 amide bonds. The summed E-state index contributed by atoms with van der Waals surface area (Å²) >= 11 is 0. The van der Waals surface area contributed by atoms with Crippen LogP contribution in [-0.2, 0) is 4.79 Å². The van der Waals surface area contributed by atoms with E-state index in [2.05, 4.69) is 10.6 Å². The Morgan fingerprint density at radius 3 is 2.62 bits per heavy atom. The van der Waals surface area contributed by atoms with Crippen molar-refractivity contribution in [2.24, 2.45) is 11.7 Å². The number of carbonyl (C=O) groups excluding carboxylic acids is 2. The topological polar surface area (TPSA) is 84.2 Å². The average Bonchev–Trinajstić information content (AvgIpc) is 3.25. The van der Waals surface area contributed by atoms with Crippen molar-refractivity contribution in [1.29, 1.82) is 0 Å². The van der Waals surface area contributed by atoms with Gasteiger partial charge in [0.1, 0.15) is 5.82 Å². The summed E-state index contributed by atoms with van der Waals surface area (Å²) in [6.45, 7) is 3.52. The fourth-order valence-electron chi connectivity index (χ4n) is 2.35. The van der Waals surface area contributed by atoms with Crippen LogP contribution in [0.4, 0.5) is 10.1 Å². The maximum atomic E-state index is 13.8. The third kappa shape index (κ3) is 3.58. The molecule has 114 valence electrons. The lowest BCUT2D eigenvalue weighted by atomic mass is 9.95. The summed E-state index contributed by atoms with van der Waals surface area (Å²) in [5, 5.41) is 5.35. The molecule has 0 bridgehead atoms. The van der Waals surface area contributed by atoms with Gasteiger partial charge < -0.3 is 16.4 Å². The molecule has 0 aliphatic heterocycles. The Morgan fingerprint density at radius 2 is 2.10 bits per heavy atom. The molecular weight excluding hydrogens is 273 g/mol. The van der Waals surface area contributed by atoms with E-state index in [1.165, 1.54) is 19.1 Å². The van der Waals surface area contributed by atoms with Crippen molar-refractivity contribution in [3.63, 3.8) is 0 Å². The van der Waals surface area contributed by atoms with Crippen LogP contribution < -0.4 is 16.4 Å². The molecule has 21 heavy (non-hydrogen) atoms. The smallest absolute Gasteiger partial charge is 0.254 e. The normalized spacial score (nSPS) is 17.0. The number of hydrogen-bond acceptors (Lipinski definition) is 3. The van der Waals surface area contributed by atoms with Gasteiger partial charge in [0, 0.05) is 19.2 Å². The number of nitrogens with one attached hydrogen (secondary N) is 2. The van der Waals surface area contributed by atoms with Crippen LogP contribution in [-0.4, -0.2) is 23.9 Å². The molecule has 5 nitrogen and oxygen atoms in total. The number of hydrogen-bond donors (Lipinski definition) is 3. The minimum atomic E-state index is -0.628. The molecule has 6 heteroatoms. The Labute approximate surface area is 123 Å². The van der Waals surface area contributed by atoms with Crippen molar-refractivity contribution in [3.8, 4) is 0 Å². The van der Waals surface area contributed by atoms with Gasteiger partial charge in [-0.05, 0) is 43.9 Å². The van der Waals surface area contributed by atoms with E-state index in [1.54, 1.807) is 0 Å². The molecule has 4 N–H and O–H groups in total. The summed E-state index contributed by atoms with van der Waals surface area (Å²) in [4.78, 5) is 23.3. The molecule has 1 fully saturated rings. The predicted molar refractivity (Wildman–Crippen MR) is 78.4 cm³/mol. The first-order valence-corrected chi connectivity index (χ1v) is 6.95. The Bertz CT molecular complexity index is 572. The van der Waals surface area contributed by atoms with E-state index in [0.29, 0.717) is 18.2 Å². The third-order valence-corrected chi connectivity index (χ3v) is 3.83. The van der Waals surface area contributed by atoms with E-state index in [-0.39, 0.29) is 11.5 Å². The first-order valence-electron chi connectivity index (χ1n) is 6.95. The Kier molecular flexibility index (Phi) is 4.27. The van der Waals surface area contributed by atoms with Crippen LogP contribution in [0.25, 0.3) is 0 Å². The summed E-state index contributed by atoms with van der Waals surface area (Å²) in [6, 6.07) is 3.91. The molecule has 0 aromatic heterocycles. The van der Waals surface area contributed by atoms with Gasteiger partial charge in [-0.2, -0.15) is 0 Å². The largest absolute Gasteiger partial charge is 0.345 e. The lowest BCUT2D eigenvalue weighted by Gasteiger charge is -2.29. The number of carbonyl (C=O) groups is 2. The minimum Gasteiger partial charge on any atom is -0.345 e. The van der Waals surface area contributed by atoms with Crippen LogP contribution in [0.3, 0.4) is 0 Å². The van der Waals surface area contributed by atoms with E-state index in [1.807, 2.05) is 6.92 Å². The van der Waals surface area contributed by atoms with Crippen LogP contribution in [0.5, 0.6) is 0 Å². The second kappa shape index (κ2) is 5.81. The van der Waals surface area contributed by atoms with Crippen molar-refractivity contribution in [2.45, 2.75) is 32.2 Å². The van der Waals surface area contributed by atoms with Gasteiger partial charge in [0.15, 0.2) is 0 Å². The molecule has 1 saturated carbocycles. The number of anilines is 1. The van der Waals surface area contributed by atoms with Gasteiger partial charge in [0.05, 0.1) is 11.1 Å². The highest BCUT2D eigenvalue weighted by Gasteiger charge is 2.41. The summed E-state index contributed by atoms with van der Waals surface area (Å²) in [5.41, 5.74) is 5.51. The van der Waals surface area contributed by atoms with Gasteiger partial charge in [0.25, 0.3) is 5.91 Å². The number of halogens is 1. The van der Waals surface area contributed by atoms with Crippen LogP contribution in [0.2, 0.25) is 0 Å². The van der Waals surface area contributed by atoms with Crippen molar-refractivity contribution in [2.75, 3.05) is 11.9 Å². The molecule has 0 saturated heterocycles. The summed E-state index contributed by atoms with van der Waals surface area (Å²) in [6.07, 6.45) is 2.03. The minimum absolute atomic E-state index is 0.0958. The van der Waals surface area contributed by atoms with Gasteiger partial charge in [0.2, 0.25) is 5.91 Å². The first kappa shape index (κ1) is 15.4. The molecule has 1 aliphatic rings. The highest BCUT2D eigenvalue weighted by atomic mass is 19.1. The Hall–Kier alpha value is -1.95. The molecule has 0 radical (unpaired) electrons. The van der Waals surface area contributed by atoms with Crippen LogP contribution in [0.15, 0.2) is 18.2 Å². The van der Waals surface area contributed by atoms with Crippen molar-refractivity contribution < 1.29 is 14.0 Å². The van der Waals surface area contributed by atoms with Crippen LogP contribution in [0.1, 0.15) is 37.0 Å². The summed E-state index contributed by atoms with van der Waals surface area (Å²) < 4.78 is 13.8. The van der Waals surface area contributed by atoms with Gasteiger partial charge in [-0.25, -0.2) is 4.39 Å². The predicted octanol–water partition coefficient (Wildman–Crippen LogP) is 1.64. The SMILES string of the molecule is CC(=O)Nc1ccc(F)c(C(=O)NC(C)(CN)C2CC2)c1. The molecule has 1 aliphatic carbocycles. The second-order valence-corrected chi connectivity index (χ2v) is 5.73. The number of benzene rings is 1. The van der Waals surface area contributed by atoms with E-state index in [4.69, 9.17) is 5.73 Å². The van der Waals surface area contributed by atoms with E-state index >= 15 is 0 Å². The summed E-state index contributed by atoms with van der Waals surface area (Å²) in [5.74, 6) is -1.08. The molecular formula is C15H20FN3O2. The molecule has 0 heterocycles. The zero-order chi connectivity index (χ0) is 15.6. The lowest BCUT2D eigenvalue weighted by Crippen LogP contribution is -2.53. The van der Waals surface area contributed by atoms with Crippen molar-refractivity contribution in [3.05, 3.63) is 29.6 Å². The highest BCUT2D eigenvalue weighted by molar-refractivity contribution is 5.97. The summed E-state index contributed by atoms with van der Waals surface area (Å²) in [7, 11) is 0. The molecule has 1 aromatic carbocycles. The number of rotatable bonds is 5. The molecule has 0 spiro atoms. The van der Waals surface area contributed by atoms with Gasteiger partial charge in [-0.3, -0.25) is 9.59 Å². The third-order valence-electron chi connectivity index (χ3n) is 3.83. The zero-order valence-electron chi connectivity index (χ0n) is 12.2. The van der Waals surface area contributed by atoms with Crippen LogP contribution in [0, 0.1) is 11.7 Å². The molecule has 2 rings (SSSR count). The Balaban J connectivity index is 2.19. The van der Waals surface area contributed by atoms with Gasteiger partial charge >= 0.3 is 0 Å². The molecule has 1 aromatic rings. The maximum Gasteiger partial charge on any atom is 0.254 e. The standard InChI is InChI=1S/C15H20FN3O2/c1-9(20)18-11-5-6-13(16)12(7-11)14(21)19-15(2,8-17)10-3-4-10/h5-7,10H,3-4,8,17H2,1-2H3,(H,18,20)(H,19,21). The van der Waals surface area contributed by atoms with Gasteiger partial charge in [-0.1, -0.05) is 0 Å². The fraction of sp³-hybridized carbons (Fsp3) is 0.467. The fourth-order valence-corrected chi connectivity index (χ4v) is 2.35. The maximum absolute atomic E-state index is 13.8. The number of nitrogens with two attached hydrogens (primary N) is 1. The Morgan fingerprint density at radius 1 is 1.43 bits per heavy atom. The zero-order valence-corrected chi connectivity index (χ0v) is 12.2. The van der Waals surface area contributed by atoms with Crippen LogP contribution >= 0.6 is 0 Å². The molecule has 1 unspecified atom stereocenters. The van der Waals surface area contributed by atoms with Crippen molar-refractivity contribution in [1.82, 2.24) is 5.32 Å². The molecule has 1 atom stereocenters. The van der Waals surface area contributed by atoms with E-state index in [9.17, 15) is 14.0 Å². The number of amides is 2. The van der Waals surface area contributed by atoms with E-state index < -0.39 is 17.3 Å². The highest BCUT2D eigenvalue weighted by Crippen LogP contribution is 2.39. The van der Waals surface area contributed by atoms with Gasteiger partial charge in [-0.15, -0.1) is 0 Å². The van der Waals surface area contributed by atoms with E-state index in [0.717, 1.165) is 18.9 Å². The van der Waals surface area contributed by atoms with Crippen molar-refractivity contribution >= 4 is 17.5 Å². The lowest BCUT2D eigenvalue weighted by molar-refractivity contribution is -0.114.